The number of carbonyl (C=O) groups excluding carboxylic acids is 1. The summed E-state index contributed by atoms with van der Waals surface area (Å²) >= 11 is 0. The summed E-state index contributed by atoms with van der Waals surface area (Å²) < 4.78 is 1.71. The second-order valence-corrected chi connectivity index (χ2v) is 8.56. The van der Waals surface area contributed by atoms with Crippen molar-refractivity contribution in [2.24, 2.45) is 11.7 Å². The van der Waals surface area contributed by atoms with Crippen LogP contribution >= 0.6 is 0 Å². The van der Waals surface area contributed by atoms with Gasteiger partial charge in [0.05, 0.1) is 17.6 Å². The van der Waals surface area contributed by atoms with E-state index in [9.17, 15) is 9.59 Å². The van der Waals surface area contributed by atoms with Crippen LogP contribution < -0.4 is 16.6 Å². The number of nitrogens with zero attached hydrogens (tertiary/aromatic N) is 3. The fourth-order valence-electron chi connectivity index (χ4n) is 3.72. The fourth-order valence-corrected chi connectivity index (χ4v) is 3.72. The number of hydrogen-bond donors (Lipinski definition) is 2. The summed E-state index contributed by atoms with van der Waals surface area (Å²) in [5.41, 5.74) is 10.5. The zero-order valence-corrected chi connectivity index (χ0v) is 19.0. The predicted molar refractivity (Wildman–Crippen MR) is 130 cm³/mol. The molecule has 1 aliphatic carbocycles. The third-order valence-electron chi connectivity index (χ3n) is 5.90. The Morgan fingerprint density at radius 2 is 1.97 bits per heavy atom. The van der Waals surface area contributed by atoms with E-state index in [0.717, 1.165) is 35.6 Å². The van der Waals surface area contributed by atoms with Crippen molar-refractivity contribution in [2.75, 3.05) is 7.05 Å². The first-order chi connectivity index (χ1) is 15.9. The molecule has 0 amide bonds. The highest BCUT2D eigenvalue weighted by atomic mass is 16.1. The van der Waals surface area contributed by atoms with E-state index in [0.29, 0.717) is 23.6 Å². The number of ketones is 1. The van der Waals surface area contributed by atoms with Gasteiger partial charge in [-0.1, -0.05) is 37.1 Å². The van der Waals surface area contributed by atoms with Crippen molar-refractivity contribution in [2.45, 2.75) is 39.3 Å². The molecule has 0 radical (unpaired) electrons. The van der Waals surface area contributed by atoms with Crippen molar-refractivity contribution in [3.8, 4) is 11.3 Å². The highest BCUT2D eigenvalue weighted by Gasteiger charge is 2.21. The Morgan fingerprint density at radius 3 is 2.67 bits per heavy atom. The molecule has 2 heterocycles. The zero-order chi connectivity index (χ0) is 23.4. The molecule has 2 aromatic heterocycles. The number of aryl methyl sites for hydroxylation is 2. The highest BCUT2D eigenvalue weighted by Crippen LogP contribution is 2.32. The third kappa shape index (κ3) is 5.62. The molecule has 1 aliphatic rings. The summed E-state index contributed by atoms with van der Waals surface area (Å²) in [7, 11) is 1.89. The van der Waals surface area contributed by atoms with Gasteiger partial charge in [0.2, 0.25) is 5.78 Å². The Labute approximate surface area is 193 Å². The minimum absolute atomic E-state index is 0.0350. The number of allylic oxidation sites excluding steroid dienone is 1. The molecule has 1 aromatic carbocycles. The summed E-state index contributed by atoms with van der Waals surface area (Å²) in [4.78, 5) is 34.2. The first kappa shape index (κ1) is 22.6. The maximum atomic E-state index is 13.0. The van der Waals surface area contributed by atoms with Gasteiger partial charge in [-0.05, 0) is 43.5 Å². The van der Waals surface area contributed by atoms with Crippen LogP contribution in [0.25, 0.3) is 17.0 Å². The molecule has 0 spiro atoms. The largest absolute Gasteiger partial charge is 0.398 e. The van der Waals surface area contributed by atoms with Crippen LogP contribution in [0.4, 0.5) is 0 Å². The van der Waals surface area contributed by atoms with Crippen LogP contribution in [0.1, 0.15) is 46.6 Å². The summed E-state index contributed by atoms with van der Waals surface area (Å²) in [6.07, 6.45) is 8.33. The van der Waals surface area contributed by atoms with Crippen molar-refractivity contribution in [1.82, 2.24) is 19.9 Å². The van der Waals surface area contributed by atoms with Crippen LogP contribution in [0.2, 0.25) is 0 Å². The molecular weight excluding hydrogens is 414 g/mol. The van der Waals surface area contributed by atoms with Gasteiger partial charge in [-0.2, -0.15) is 0 Å². The van der Waals surface area contributed by atoms with Crippen molar-refractivity contribution in [3.05, 3.63) is 87.7 Å². The minimum Gasteiger partial charge on any atom is -0.398 e. The smallest absolute Gasteiger partial charge is 0.250 e. The minimum atomic E-state index is -0.305. The second kappa shape index (κ2) is 9.92. The molecular formula is C26H29N5O2. The SMILES string of the molecule is CNCc1ccc(C(N)=CC(=O)c2nc(-c3ccc(=O)n(CCC4CC4)c3)cnc2C)cc1. The monoisotopic (exact) mass is 443 g/mol. The molecule has 170 valence electrons. The van der Waals surface area contributed by atoms with E-state index in [1.807, 2.05) is 31.3 Å². The van der Waals surface area contributed by atoms with Gasteiger partial charge in [-0.3, -0.25) is 14.6 Å². The number of rotatable bonds is 9. The maximum Gasteiger partial charge on any atom is 0.250 e. The normalized spacial score (nSPS) is 13.8. The molecule has 33 heavy (non-hydrogen) atoms. The molecule has 0 saturated heterocycles. The van der Waals surface area contributed by atoms with Crippen molar-refractivity contribution >= 4 is 11.5 Å². The molecule has 1 fully saturated rings. The highest BCUT2D eigenvalue weighted by molar-refractivity contribution is 6.07. The Hall–Kier alpha value is -3.58. The first-order valence-electron chi connectivity index (χ1n) is 11.2. The number of pyridine rings is 1. The van der Waals surface area contributed by atoms with Crippen LogP contribution in [0.15, 0.2) is 59.7 Å². The fraction of sp³-hybridized carbons (Fsp3) is 0.308. The molecule has 4 rings (SSSR count). The standard InChI is InChI=1S/C26H29N5O2/c1-17-26(24(32)13-22(27)20-7-5-19(6-8-20)14-28-2)30-23(15-29-17)21-9-10-25(33)31(16-21)12-11-18-3-4-18/h5-10,13,15-16,18,28H,3-4,11-12,14,27H2,1-2H3. The van der Waals surface area contributed by atoms with E-state index < -0.39 is 0 Å². The predicted octanol–water partition coefficient (Wildman–Crippen LogP) is 3.32. The van der Waals surface area contributed by atoms with Gasteiger partial charge >= 0.3 is 0 Å². The van der Waals surface area contributed by atoms with Gasteiger partial charge in [-0.15, -0.1) is 0 Å². The van der Waals surface area contributed by atoms with E-state index in [2.05, 4.69) is 15.3 Å². The molecule has 3 aromatic rings. The molecule has 7 heteroatoms. The summed E-state index contributed by atoms with van der Waals surface area (Å²) in [6, 6.07) is 11.0. The van der Waals surface area contributed by atoms with E-state index in [-0.39, 0.29) is 17.0 Å². The lowest BCUT2D eigenvalue weighted by Gasteiger charge is -2.09. The average Bonchev–Trinajstić information content (AvgIpc) is 3.64. The number of nitrogens with two attached hydrogens (primary N) is 1. The van der Waals surface area contributed by atoms with Crippen molar-refractivity contribution < 1.29 is 4.79 Å². The lowest BCUT2D eigenvalue weighted by molar-refractivity contribution is 0.104. The van der Waals surface area contributed by atoms with E-state index in [1.165, 1.54) is 18.9 Å². The van der Waals surface area contributed by atoms with Crippen molar-refractivity contribution in [1.29, 1.82) is 0 Å². The molecule has 0 bridgehead atoms. The van der Waals surface area contributed by atoms with Gasteiger partial charge < -0.3 is 15.6 Å². The van der Waals surface area contributed by atoms with Crippen LogP contribution in [0, 0.1) is 12.8 Å². The quantitative estimate of drug-likeness (QED) is 0.388. The number of carbonyl (C=O) groups is 1. The molecule has 0 unspecified atom stereocenters. The Kier molecular flexibility index (Phi) is 6.79. The lowest BCUT2D eigenvalue weighted by atomic mass is 10.1. The van der Waals surface area contributed by atoms with Crippen LogP contribution in [0.3, 0.4) is 0 Å². The molecule has 0 atom stereocenters. The molecule has 0 aliphatic heterocycles. The zero-order valence-electron chi connectivity index (χ0n) is 19.0. The molecule has 7 nitrogen and oxygen atoms in total. The van der Waals surface area contributed by atoms with Gasteiger partial charge in [0.25, 0.3) is 5.56 Å². The average molecular weight is 444 g/mol. The van der Waals surface area contributed by atoms with Gasteiger partial charge in [0, 0.05) is 42.7 Å². The second-order valence-electron chi connectivity index (χ2n) is 8.56. The molecule has 1 saturated carbocycles. The molecule has 3 N–H and O–H groups in total. The van der Waals surface area contributed by atoms with E-state index >= 15 is 0 Å². The van der Waals surface area contributed by atoms with Crippen LogP contribution in [-0.4, -0.2) is 27.4 Å². The first-order valence-corrected chi connectivity index (χ1v) is 11.2. The summed E-state index contributed by atoms with van der Waals surface area (Å²) in [5, 5.41) is 3.10. The van der Waals surface area contributed by atoms with Gasteiger partial charge in [-0.25, -0.2) is 4.98 Å². The topological polar surface area (TPSA) is 103 Å². The Bertz CT molecular complexity index is 1240. The van der Waals surface area contributed by atoms with Gasteiger partial charge in [0.1, 0.15) is 5.69 Å². The Balaban J connectivity index is 1.57. The number of nitrogens with one attached hydrogen (secondary N) is 1. The van der Waals surface area contributed by atoms with Gasteiger partial charge in [0.15, 0.2) is 0 Å². The number of hydrogen-bond acceptors (Lipinski definition) is 6. The van der Waals surface area contributed by atoms with E-state index in [4.69, 9.17) is 5.73 Å². The summed E-state index contributed by atoms with van der Waals surface area (Å²) in [5.74, 6) is 0.432. The van der Waals surface area contributed by atoms with Crippen molar-refractivity contribution in [3.63, 3.8) is 0 Å². The third-order valence-corrected chi connectivity index (χ3v) is 5.90. The summed E-state index contributed by atoms with van der Waals surface area (Å²) in [6.45, 7) is 3.20. The number of benzene rings is 1. The van der Waals surface area contributed by atoms with E-state index in [1.54, 1.807) is 36.0 Å². The number of aromatic nitrogens is 3. The maximum absolute atomic E-state index is 13.0. The van der Waals surface area contributed by atoms with Crippen LogP contribution in [0.5, 0.6) is 0 Å². The van der Waals surface area contributed by atoms with Crippen LogP contribution in [-0.2, 0) is 13.1 Å². The Morgan fingerprint density at radius 1 is 1.21 bits per heavy atom. The lowest BCUT2D eigenvalue weighted by Crippen LogP contribution is -2.19.